The molecule has 1 saturated carbocycles. The highest BCUT2D eigenvalue weighted by molar-refractivity contribution is 5.70. The highest BCUT2D eigenvalue weighted by Gasteiger charge is 2.31. The van der Waals surface area contributed by atoms with Crippen LogP contribution >= 0.6 is 0 Å². The van der Waals surface area contributed by atoms with Crippen molar-refractivity contribution in [1.82, 2.24) is 9.78 Å². The number of aromatic nitrogens is 2. The van der Waals surface area contributed by atoms with Gasteiger partial charge < -0.3 is 5.11 Å². The van der Waals surface area contributed by atoms with Crippen LogP contribution in [-0.2, 0) is 4.79 Å². The molecule has 0 aliphatic heterocycles. The Morgan fingerprint density at radius 3 is 2.81 bits per heavy atom. The van der Waals surface area contributed by atoms with Crippen molar-refractivity contribution in [3.8, 4) is 0 Å². The van der Waals surface area contributed by atoms with Gasteiger partial charge in [-0.15, -0.1) is 0 Å². The Bertz CT molecular complexity index is 373. The minimum Gasteiger partial charge on any atom is -0.481 e. The highest BCUT2D eigenvalue weighted by Crippen LogP contribution is 2.32. The van der Waals surface area contributed by atoms with E-state index in [1.807, 2.05) is 17.8 Å². The van der Waals surface area contributed by atoms with E-state index in [2.05, 4.69) is 5.10 Å². The Morgan fingerprint density at radius 2 is 2.19 bits per heavy atom. The summed E-state index contributed by atoms with van der Waals surface area (Å²) in [6.45, 7) is 1.98. The lowest BCUT2D eigenvalue weighted by atomic mass is 9.95. The van der Waals surface area contributed by atoms with Gasteiger partial charge in [-0.2, -0.15) is 5.10 Å². The normalized spacial score (nSPS) is 26.3. The van der Waals surface area contributed by atoms with Crippen LogP contribution in [-0.4, -0.2) is 20.9 Å². The second kappa shape index (κ2) is 4.68. The standard InChI is InChI=1S/C12H18N2O2/c1-9-7-13-14(8-9)11-6-4-2-3-5-10(11)12(15)16/h7-8,10-11H,2-6H2,1H3,(H,15,16). The van der Waals surface area contributed by atoms with E-state index in [9.17, 15) is 9.90 Å². The van der Waals surface area contributed by atoms with Crippen LogP contribution in [0.1, 0.15) is 43.7 Å². The smallest absolute Gasteiger partial charge is 0.308 e. The first-order chi connectivity index (χ1) is 7.68. The molecule has 0 aromatic carbocycles. The van der Waals surface area contributed by atoms with Crippen molar-refractivity contribution in [3.63, 3.8) is 0 Å². The van der Waals surface area contributed by atoms with Crippen LogP contribution < -0.4 is 0 Å². The Hall–Kier alpha value is -1.32. The Morgan fingerprint density at radius 1 is 1.44 bits per heavy atom. The SMILES string of the molecule is Cc1cnn(C2CCCCCC2C(=O)O)c1. The van der Waals surface area contributed by atoms with E-state index < -0.39 is 5.97 Å². The molecule has 16 heavy (non-hydrogen) atoms. The molecular formula is C12H18N2O2. The number of aryl methyl sites for hydroxylation is 1. The van der Waals surface area contributed by atoms with Gasteiger partial charge in [0.2, 0.25) is 0 Å². The van der Waals surface area contributed by atoms with E-state index in [1.54, 1.807) is 6.20 Å². The van der Waals surface area contributed by atoms with Crippen molar-refractivity contribution in [3.05, 3.63) is 18.0 Å². The van der Waals surface area contributed by atoms with E-state index in [0.717, 1.165) is 37.7 Å². The molecule has 1 fully saturated rings. The minimum absolute atomic E-state index is 0.0358. The van der Waals surface area contributed by atoms with Crippen molar-refractivity contribution < 1.29 is 9.90 Å². The van der Waals surface area contributed by atoms with E-state index in [1.165, 1.54) is 0 Å². The molecule has 88 valence electrons. The highest BCUT2D eigenvalue weighted by atomic mass is 16.4. The van der Waals surface area contributed by atoms with E-state index in [-0.39, 0.29) is 12.0 Å². The van der Waals surface area contributed by atoms with Crippen molar-refractivity contribution in [1.29, 1.82) is 0 Å². The fourth-order valence-corrected chi connectivity index (χ4v) is 2.51. The Labute approximate surface area is 95.3 Å². The Balaban J connectivity index is 2.23. The zero-order valence-electron chi connectivity index (χ0n) is 9.59. The molecule has 2 atom stereocenters. The first kappa shape index (κ1) is 11.2. The van der Waals surface area contributed by atoms with Gasteiger partial charge in [0, 0.05) is 6.20 Å². The maximum atomic E-state index is 11.3. The zero-order valence-corrected chi connectivity index (χ0v) is 9.59. The van der Waals surface area contributed by atoms with E-state index >= 15 is 0 Å². The van der Waals surface area contributed by atoms with Crippen molar-refractivity contribution in [2.75, 3.05) is 0 Å². The lowest BCUT2D eigenvalue weighted by molar-refractivity contribution is -0.143. The quantitative estimate of drug-likeness (QED) is 0.782. The molecule has 1 aliphatic carbocycles. The predicted molar refractivity (Wildman–Crippen MR) is 60.2 cm³/mol. The summed E-state index contributed by atoms with van der Waals surface area (Å²) in [5.41, 5.74) is 1.09. The molecule has 0 bridgehead atoms. The molecule has 1 aromatic rings. The van der Waals surface area contributed by atoms with Crippen molar-refractivity contribution >= 4 is 5.97 Å². The first-order valence-electron chi connectivity index (χ1n) is 5.92. The summed E-state index contributed by atoms with van der Waals surface area (Å²) in [7, 11) is 0. The van der Waals surface area contributed by atoms with Gasteiger partial charge >= 0.3 is 5.97 Å². The third-order valence-electron chi connectivity index (χ3n) is 3.37. The van der Waals surface area contributed by atoms with Gasteiger partial charge in [-0.3, -0.25) is 9.48 Å². The Kier molecular flexibility index (Phi) is 3.27. The van der Waals surface area contributed by atoms with E-state index in [4.69, 9.17) is 0 Å². The maximum absolute atomic E-state index is 11.3. The van der Waals surface area contributed by atoms with Crippen LogP contribution in [0.15, 0.2) is 12.4 Å². The van der Waals surface area contributed by atoms with Crippen LogP contribution in [0.4, 0.5) is 0 Å². The van der Waals surface area contributed by atoms with Gasteiger partial charge in [0.15, 0.2) is 0 Å². The molecule has 1 N–H and O–H groups in total. The van der Waals surface area contributed by atoms with Crippen LogP contribution in [0.25, 0.3) is 0 Å². The maximum Gasteiger partial charge on any atom is 0.308 e. The van der Waals surface area contributed by atoms with Gasteiger partial charge in [0.05, 0.1) is 18.2 Å². The molecule has 0 amide bonds. The summed E-state index contributed by atoms with van der Waals surface area (Å²) >= 11 is 0. The lowest BCUT2D eigenvalue weighted by Gasteiger charge is -2.21. The van der Waals surface area contributed by atoms with E-state index in [0.29, 0.717) is 0 Å². The molecule has 0 spiro atoms. The van der Waals surface area contributed by atoms with Gasteiger partial charge in [0.25, 0.3) is 0 Å². The molecule has 1 aliphatic rings. The minimum atomic E-state index is -0.681. The summed E-state index contributed by atoms with van der Waals surface area (Å²) in [5.74, 6) is -0.957. The molecule has 0 radical (unpaired) electrons. The molecule has 4 nitrogen and oxygen atoms in total. The van der Waals surface area contributed by atoms with Crippen LogP contribution in [0.5, 0.6) is 0 Å². The number of aliphatic carboxylic acids is 1. The third kappa shape index (κ3) is 2.26. The van der Waals surface area contributed by atoms with Gasteiger partial charge in [-0.05, 0) is 25.3 Å². The molecule has 2 unspecified atom stereocenters. The topological polar surface area (TPSA) is 55.1 Å². The molecule has 4 heteroatoms. The molecule has 1 heterocycles. The fourth-order valence-electron chi connectivity index (χ4n) is 2.51. The average molecular weight is 222 g/mol. The number of carbonyl (C=O) groups is 1. The van der Waals surface area contributed by atoms with Crippen LogP contribution in [0, 0.1) is 12.8 Å². The van der Waals surface area contributed by atoms with Crippen molar-refractivity contribution in [2.45, 2.75) is 45.1 Å². The molecule has 0 saturated heterocycles. The number of carboxylic acid groups (broad SMARTS) is 1. The molecular weight excluding hydrogens is 204 g/mol. The number of hydrogen-bond donors (Lipinski definition) is 1. The van der Waals surface area contributed by atoms with Crippen LogP contribution in [0.2, 0.25) is 0 Å². The number of carboxylic acids is 1. The molecule has 2 rings (SSSR count). The summed E-state index contributed by atoms with van der Waals surface area (Å²) in [6.07, 6.45) is 8.72. The number of hydrogen-bond acceptors (Lipinski definition) is 2. The third-order valence-corrected chi connectivity index (χ3v) is 3.37. The summed E-state index contributed by atoms with van der Waals surface area (Å²) in [4.78, 5) is 11.3. The summed E-state index contributed by atoms with van der Waals surface area (Å²) in [6, 6.07) is 0.0358. The fraction of sp³-hybridized carbons (Fsp3) is 0.667. The lowest BCUT2D eigenvalue weighted by Crippen LogP contribution is -2.25. The summed E-state index contributed by atoms with van der Waals surface area (Å²) < 4.78 is 1.85. The van der Waals surface area contributed by atoms with Gasteiger partial charge in [-0.25, -0.2) is 0 Å². The summed E-state index contributed by atoms with van der Waals surface area (Å²) in [5, 5.41) is 13.5. The largest absolute Gasteiger partial charge is 0.481 e. The van der Waals surface area contributed by atoms with Crippen LogP contribution in [0.3, 0.4) is 0 Å². The van der Waals surface area contributed by atoms with Crippen molar-refractivity contribution in [2.24, 2.45) is 5.92 Å². The van der Waals surface area contributed by atoms with Gasteiger partial charge in [-0.1, -0.05) is 19.3 Å². The predicted octanol–water partition coefficient (Wildman–Crippen LogP) is 2.40. The first-order valence-corrected chi connectivity index (χ1v) is 5.92. The monoisotopic (exact) mass is 222 g/mol. The van der Waals surface area contributed by atoms with Gasteiger partial charge in [0.1, 0.15) is 0 Å². The second-order valence-electron chi connectivity index (χ2n) is 4.65. The molecule has 1 aromatic heterocycles. The zero-order chi connectivity index (χ0) is 11.5. The average Bonchev–Trinajstić information content (AvgIpc) is 2.54. The number of rotatable bonds is 2. The number of nitrogens with zero attached hydrogens (tertiary/aromatic N) is 2. The second-order valence-corrected chi connectivity index (χ2v) is 4.65.